The van der Waals surface area contributed by atoms with Crippen molar-refractivity contribution in [3.05, 3.63) is 74.3 Å². The summed E-state index contributed by atoms with van der Waals surface area (Å²) in [6.45, 7) is 0. The Bertz CT molecular complexity index is 816. The fraction of sp³-hybridized carbons (Fsp3) is 0.188. The van der Waals surface area contributed by atoms with Crippen molar-refractivity contribution in [1.29, 1.82) is 0 Å². The van der Waals surface area contributed by atoms with Gasteiger partial charge in [-0.3, -0.25) is 25.7 Å². The van der Waals surface area contributed by atoms with Gasteiger partial charge in [-0.15, -0.1) is 0 Å². The highest BCUT2D eigenvalue weighted by molar-refractivity contribution is 6.04. The van der Waals surface area contributed by atoms with Crippen molar-refractivity contribution in [2.75, 3.05) is 5.43 Å². The molecule has 0 amide bonds. The maximum Gasteiger partial charge on any atom is 0.301 e. The van der Waals surface area contributed by atoms with Gasteiger partial charge in [0.25, 0.3) is 5.69 Å². The molecule has 8 nitrogen and oxygen atoms in total. The SMILES string of the molecule is O=[N+]([O-])c1ccc(N/N=C(\c2ccccc2)C2CC2)c([N+](=O)[O-])c1. The van der Waals surface area contributed by atoms with Crippen LogP contribution in [-0.4, -0.2) is 15.6 Å². The van der Waals surface area contributed by atoms with Crippen LogP contribution in [-0.2, 0) is 0 Å². The lowest BCUT2D eigenvalue weighted by Gasteiger charge is -2.07. The second kappa shape index (κ2) is 6.45. The summed E-state index contributed by atoms with van der Waals surface area (Å²) in [5.41, 5.74) is 3.91. The summed E-state index contributed by atoms with van der Waals surface area (Å²) in [7, 11) is 0. The van der Waals surface area contributed by atoms with Crippen LogP contribution in [0.2, 0.25) is 0 Å². The molecule has 0 saturated heterocycles. The largest absolute Gasteiger partial charge is 0.301 e. The van der Waals surface area contributed by atoms with Crippen LogP contribution in [0.3, 0.4) is 0 Å². The minimum atomic E-state index is -0.667. The zero-order valence-corrected chi connectivity index (χ0v) is 12.6. The van der Waals surface area contributed by atoms with E-state index in [9.17, 15) is 20.2 Å². The van der Waals surface area contributed by atoms with Crippen molar-refractivity contribution in [3.63, 3.8) is 0 Å². The van der Waals surface area contributed by atoms with E-state index in [1.54, 1.807) is 0 Å². The van der Waals surface area contributed by atoms with Gasteiger partial charge in [0.05, 0.1) is 21.6 Å². The Hall–Kier alpha value is -3.29. The first-order valence-electron chi connectivity index (χ1n) is 7.38. The molecule has 0 bridgehead atoms. The minimum Gasteiger partial charge on any atom is -0.271 e. The molecule has 1 aliphatic rings. The third kappa shape index (κ3) is 3.37. The van der Waals surface area contributed by atoms with Gasteiger partial charge in [-0.2, -0.15) is 5.10 Å². The Labute approximate surface area is 137 Å². The van der Waals surface area contributed by atoms with Crippen LogP contribution in [0.4, 0.5) is 17.1 Å². The molecule has 0 atom stereocenters. The van der Waals surface area contributed by atoms with E-state index >= 15 is 0 Å². The summed E-state index contributed by atoms with van der Waals surface area (Å²) in [4.78, 5) is 20.6. The number of nitro groups is 2. The van der Waals surface area contributed by atoms with E-state index in [2.05, 4.69) is 10.5 Å². The van der Waals surface area contributed by atoms with E-state index in [4.69, 9.17) is 0 Å². The Kier molecular flexibility index (Phi) is 4.19. The molecule has 0 aromatic heterocycles. The molecule has 2 aromatic rings. The maximum atomic E-state index is 11.2. The van der Waals surface area contributed by atoms with Crippen LogP contribution in [0.5, 0.6) is 0 Å². The summed E-state index contributed by atoms with van der Waals surface area (Å²) < 4.78 is 0. The molecule has 1 fully saturated rings. The van der Waals surface area contributed by atoms with E-state index in [1.165, 1.54) is 12.1 Å². The number of hydrogen-bond acceptors (Lipinski definition) is 6. The van der Waals surface area contributed by atoms with Crippen molar-refractivity contribution >= 4 is 22.8 Å². The van der Waals surface area contributed by atoms with Gasteiger partial charge in [-0.25, -0.2) is 0 Å². The summed E-state index contributed by atoms with van der Waals surface area (Å²) in [5, 5.41) is 26.3. The molecule has 3 rings (SSSR count). The van der Waals surface area contributed by atoms with Gasteiger partial charge in [-0.05, 0) is 24.5 Å². The fourth-order valence-corrected chi connectivity index (χ4v) is 2.36. The average molecular weight is 326 g/mol. The van der Waals surface area contributed by atoms with Crippen LogP contribution < -0.4 is 5.43 Å². The normalized spacial score (nSPS) is 14.2. The number of hydrogen-bond donors (Lipinski definition) is 1. The molecule has 24 heavy (non-hydrogen) atoms. The van der Waals surface area contributed by atoms with Crippen LogP contribution in [0.1, 0.15) is 18.4 Å². The lowest BCUT2D eigenvalue weighted by Crippen LogP contribution is -2.07. The first-order valence-corrected chi connectivity index (χ1v) is 7.38. The number of anilines is 1. The summed E-state index contributed by atoms with van der Waals surface area (Å²) in [6.07, 6.45) is 2.05. The molecule has 0 aliphatic heterocycles. The highest BCUT2D eigenvalue weighted by atomic mass is 16.6. The molecule has 0 spiro atoms. The van der Waals surface area contributed by atoms with Gasteiger partial charge in [0.15, 0.2) is 0 Å². The number of benzene rings is 2. The number of nitrogens with zero attached hydrogens (tertiary/aromatic N) is 3. The third-order valence-corrected chi connectivity index (χ3v) is 3.72. The zero-order chi connectivity index (χ0) is 17.1. The molecule has 1 aliphatic carbocycles. The number of nitro benzene ring substituents is 2. The van der Waals surface area contributed by atoms with Crippen molar-refractivity contribution in [1.82, 2.24) is 0 Å². The zero-order valence-electron chi connectivity index (χ0n) is 12.6. The quantitative estimate of drug-likeness (QED) is 0.494. The monoisotopic (exact) mass is 326 g/mol. The predicted octanol–water partition coefficient (Wildman–Crippen LogP) is 3.73. The Morgan fingerprint density at radius 1 is 1.04 bits per heavy atom. The molecule has 8 heteroatoms. The van der Waals surface area contributed by atoms with Crippen LogP contribution >= 0.6 is 0 Å². The topological polar surface area (TPSA) is 111 Å². The minimum absolute atomic E-state index is 0.125. The number of non-ortho nitro benzene ring substituents is 1. The van der Waals surface area contributed by atoms with Crippen LogP contribution in [0.15, 0.2) is 53.6 Å². The number of hydrazone groups is 1. The molecular formula is C16H14N4O4. The number of rotatable bonds is 6. The van der Waals surface area contributed by atoms with E-state index in [-0.39, 0.29) is 17.1 Å². The molecule has 2 aromatic carbocycles. The molecule has 1 N–H and O–H groups in total. The Balaban J connectivity index is 1.92. The molecule has 1 saturated carbocycles. The van der Waals surface area contributed by atoms with Gasteiger partial charge in [0.1, 0.15) is 5.69 Å². The lowest BCUT2D eigenvalue weighted by atomic mass is 10.1. The summed E-state index contributed by atoms with van der Waals surface area (Å²) >= 11 is 0. The smallest absolute Gasteiger partial charge is 0.271 e. The van der Waals surface area contributed by atoms with Crippen molar-refractivity contribution in [2.24, 2.45) is 11.0 Å². The summed E-state index contributed by atoms with van der Waals surface area (Å²) in [5.74, 6) is 0.331. The standard InChI is InChI=1S/C16H14N4O4/c21-19(22)13-8-9-14(15(10-13)20(23)24)17-18-16(12-6-7-12)11-4-2-1-3-5-11/h1-5,8-10,12,17H,6-7H2/b18-16+. The van der Waals surface area contributed by atoms with Crippen molar-refractivity contribution in [2.45, 2.75) is 12.8 Å². The molecule has 0 radical (unpaired) electrons. The molecule has 122 valence electrons. The van der Waals surface area contributed by atoms with Crippen molar-refractivity contribution in [3.8, 4) is 0 Å². The van der Waals surface area contributed by atoms with E-state index < -0.39 is 9.85 Å². The van der Waals surface area contributed by atoms with E-state index in [0.717, 1.165) is 30.2 Å². The van der Waals surface area contributed by atoms with Gasteiger partial charge in [0.2, 0.25) is 0 Å². The fourth-order valence-electron chi connectivity index (χ4n) is 2.36. The molecule has 0 unspecified atom stereocenters. The predicted molar refractivity (Wildman–Crippen MR) is 89.1 cm³/mol. The second-order valence-electron chi connectivity index (χ2n) is 5.46. The second-order valence-corrected chi connectivity index (χ2v) is 5.46. The molecular weight excluding hydrogens is 312 g/mol. The first kappa shape index (κ1) is 15.6. The van der Waals surface area contributed by atoms with Crippen LogP contribution in [0, 0.1) is 26.1 Å². The molecule has 0 heterocycles. The van der Waals surface area contributed by atoms with Gasteiger partial charge in [-0.1, -0.05) is 30.3 Å². The van der Waals surface area contributed by atoms with Gasteiger partial charge >= 0.3 is 5.69 Å². The van der Waals surface area contributed by atoms with Gasteiger partial charge in [0, 0.05) is 12.0 Å². The maximum absolute atomic E-state index is 11.2. The highest BCUT2D eigenvalue weighted by Crippen LogP contribution is 2.34. The van der Waals surface area contributed by atoms with E-state index in [1.807, 2.05) is 30.3 Å². The Morgan fingerprint density at radius 2 is 1.75 bits per heavy atom. The van der Waals surface area contributed by atoms with E-state index in [0.29, 0.717) is 5.92 Å². The highest BCUT2D eigenvalue weighted by Gasteiger charge is 2.29. The first-order chi connectivity index (χ1) is 11.6. The lowest BCUT2D eigenvalue weighted by molar-refractivity contribution is -0.393. The average Bonchev–Trinajstić information content (AvgIpc) is 3.41. The van der Waals surface area contributed by atoms with Crippen molar-refractivity contribution < 1.29 is 9.85 Å². The Morgan fingerprint density at radius 3 is 2.33 bits per heavy atom. The number of nitrogens with one attached hydrogen (secondary N) is 1. The summed E-state index contributed by atoms with van der Waals surface area (Å²) in [6, 6.07) is 13.0. The van der Waals surface area contributed by atoms with Gasteiger partial charge < -0.3 is 0 Å². The van der Waals surface area contributed by atoms with Crippen LogP contribution in [0.25, 0.3) is 0 Å². The third-order valence-electron chi connectivity index (χ3n) is 3.72.